The largest absolute Gasteiger partial charge is 0.378 e. The van der Waals surface area contributed by atoms with E-state index in [1.807, 2.05) is 42.7 Å². The molecule has 4 aromatic rings. The second kappa shape index (κ2) is 9.50. The van der Waals surface area contributed by atoms with Gasteiger partial charge in [-0.25, -0.2) is 0 Å². The van der Waals surface area contributed by atoms with E-state index < -0.39 is 0 Å². The summed E-state index contributed by atoms with van der Waals surface area (Å²) in [4.78, 5) is 13.6. The molecule has 178 valence electrons. The summed E-state index contributed by atoms with van der Waals surface area (Å²) >= 11 is 5.86. The van der Waals surface area contributed by atoms with Gasteiger partial charge in [-0.05, 0) is 86.2 Å². The third-order valence-electron chi connectivity index (χ3n) is 6.67. The molecule has 2 atom stereocenters. The van der Waals surface area contributed by atoms with E-state index in [4.69, 9.17) is 12.2 Å². The number of aryl methyl sites for hydroxylation is 1. The Hall–Kier alpha value is -3.71. The van der Waals surface area contributed by atoms with E-state index in [9.17, 15) is 0 Å². The van der Waals surface area contributed by atoms with E-state index in [-0.39, 0.29) is 12.1 Å². The number of nitrogens with one attached hydrogen (secondary N) is 1. The van der Waals surface area contributed by atoms with Crippen molar-refractivity contribution in [3.8, 4) is 5.69 Å². The number of aromatic nitrogens is 3. The molecule has 7 heteroatoms. The van der Waals surface area contributed by atoms with Gasteiger partial charge in [-0.15, -0.1) is 0 Å². The van der Waals surface area contributed by atoms with E-state index in [1.165, 1.54) is 22.6 Å². The number of thiocarbonyl (C=S) groups is 1. The van der Waals surface area contributed by atoms with Crippen molar-refractivity contribution in [3.63, 3.8) is 0 Å². The van der Waals surface area contributed by atoms with E-state index in [2.05, 4.69) is 94.0 Å². The van der Waals surface area contributed by atoms with Crippen molar-refractivity contribution in [2.24, 2.45) is 0 Å². The molecule has 4 heterocycles. The van der Waals surface area contributed by atoms with E-state index in [0.29, 0.717) is 6.54 Å². The summed E-state index contributed by atoms with van der Waals surface area (Å²) in [6.07, 6.45) is 3.67. The lowest BCUT2D eigenvalue weighted by Gasteiger charge is -2.28. The Kier molecular flexibility index (Phi) is 6.26. The van der Waals surface area contributed by atoms with Gasteiger partial charge in [0.05, 0.1) is 30.0 Å². The van der Waals surface area contributed by atoms with E-state index in [1.54, 1.807) is 0 Å². The SMILES string of the molecule is Cc1cc([C@@H]2[C@H](c3ccccn3)NC(=S)N2Cc2ccccn2)c(C)n1-c1ccc(N(C)C)cc1. The lowest BCUT2D eigenvalue weighted by molar-refractivity contribution is 0.307. The Labute approximate surface area is 212 Å². The van der Waals surface area contributed by atoms with Gasteiger partial charge in [0.1, 0.15) is 0 Å². The highest BCUT2D eigenvalue weighted by Crippen LogP contribution is 2.42. The average molecular weight is 483 g/mol. The Bertz CT molecular complexity index is 1320. The molecule has 1 saturated heterocycles. The third-order valence-corrected chi connectivity index (χ3v) is 7.02. The second-order valence-electron chi connectivity index (χ2n) is 9.15. The van der Waals surface area contributed by atoms with Crippen LogP contribution in [-0.4, -0.2) is 38.6 Å². The van der Waals surface area contributed by atoms with Crippen LogP contribution in [0, 0.1) is 13.8 Å². The summed E-state index contributed by atoms with van der Waals surface area (Å²) in [7, 11) is 4.12. The minimum Gasteiger partial charge on any atom is -0.378 e. The third kappa shape index (κ3) is 4.39. The molecule has 1 aromatic carbocycles. The molecular formula is C28H30N6S. The molecular weight excluding hydrogens is 452 g/mol. The zero-order chi connectivity index (χ0) is 24.5. The average Bonchev–Trinajstić information content (AvgIpc) is 3.35. The monoisotopic (exact) mass is 482 g/mol. The fraction of sp³-hybridized carbons (Fsp3) is 0.250. The first kappa shape index (κ1) is 23.1. The number of anilines is 1. The van der Waals surface area contributed by atoms with E-state index >= 15 is 0 Å². The molecule has 0 spiro atoms. The molecule has 0 unspecified atom stereocenters. The fourth-order valence-electron chi connectivity index (χ4n) is 4.96. The van der Waals surface area contributed by atoms with Crippen molar-refractivity contribution in [3.05, 3.63) is 107 Å². The Balaban J connectivity index is 1.59. The van der Waals surface area contributed by atoms with Crippen LogP contribution in [0.1, 0.15) is 40.4 Å². The summed E-state index contributed by atoms with van der Waals surface area (Å²) in [6.45, 7) is 4.98. The lowest BCUT2D eigenvalue weighted by Crippen LogP contribution is -2.29. The molecule has 0 saturated carbocycles. The van der Waals surface area contributed by atoms with Crippen LogP contribution in [0.3, 0.4) is 0 Å². The molecule has 1 fully saturated rings. The van der Waals surface area contributed by atoms with Gasteiger partial charge in [-0.1, -0.05) is 12.1 Å². The van der Waals surface area contributed by atoms with Crippen molar-refractivity contribution in [1.82, 2.24) is 24.8 Å². The maximum absolute atomic E-state index is 5.86. The first-order chi connectivity index (χ1) is 16.9. The normalized spacial score (nSPS) is 17.5. The number of benzene rings is 1. The Morgan fingerprint density at radius 1 is 0.943 bits per heavy atom. The van der Waals surface area contributed by atoms with Gasteiger partial charge in [-0.2, -0.15) is 0 Å². The van der Waals surface area contributed by atoms with Crippen molar-refractivity contribution in [1.29, 1.82) is 0 Å². The highest BCUT2D eigenvalue weighted by atomic mass is 32.1. The highest BCUT2D eigenvalue weighted by Gasteiger charge is 2.41. The van der Waals surface area contributed by atoms with Crippen LogP contribution in [0.4, 0.5) is 5.69 Å². The van der Waals surface area contributed by atoms with Crippen molar-refractivity contribution >= 4 is 23.0 Å². The fourth-order valence-corrected chi connectivity index (χ4v) is 5.27. The Morgan fingerprint density at radius 3 is 2.29 bits per heavy atom. The molecule has 0 aliphatic carbocycles. The van der Waals surface area contributed by atoms with E-state index in [0.717, 1.165) is 22.2 Å². The van der Waals surface area contributed by atoms with Gasteiger partial charge in [-0.3, -0.25) is 9.97 Å². The summed E-state index contributed by atoms with van der Waals surface area (Å²) in [5, 5.41) is 4.28. The van der Waals surface area contributed by atoms with Crippen LogP contribution >= 0.6 is 12.2 Å². The molecule has 35 heavy (non-hydrogen) atoms. The van der Waals surface area contributed by atoms with Crippen molar-refractivity contribution in [2.75, 3.05) is 19.0 Å². The number of pyridine rings is 2. The predicted octanol–water partition coefficient (Wildman–Crippen LogP) is 5.12. The summed E-state index contributed by atoms with van der Waals surface area (Å²) in [5.41, 5.74) is 7.90. The van der Waals surface area contributed by atoms with Crippen LogP contribution in [0.5, 0.6) is 0 Å². The number of nitrogens with zero attached hydrogens (tertiary/aromatic N) is 5. The topological polar surface area (TPSA) is 49.2 Å². The molecule has 0 amide bonds. The molecule has 0 radical (unpaired) electrons. The summed E-state index contributed by atoms with van der Waals surface area (Å²) in [6, 6.07) is 22.9. The van der Waals surface area contributed by atoms with Crippen molar-refractivity contribution in [2.45, 2.75) is 32.5 Å². The zero-order valence-corrected chi connectivity index (χ0v) is 21.3. The first-order valence-corrected chi connectivity index (χ1v) is 12.2. The second-order valence-corrected chi connectivity index (χ2v) is 9.53. The van der Waals surface area contributed by atoms with Gasteiger partial charge in [0.2, 0.25) is 0 Å². The molecule has 0 bridgehead atoms. The molecule has 5 rings (SSSR count). The van der Waals surface area contributed by atoms with Crippen LogP contribution in [0.25, 0.3) is 5.69 Å². The zero-order valence-electron chi connectivity index (χ0n) is 20.5. The van der Waals surface area contributed by atoms with Crippen LogP contribution in [-0.2, 0) is 6.54 Å². The molecule has 1 N–H and O–H groups in total. The number of hydrogen-bond donors (Lipinski definition) is 1. The smallest absolute Gasteiger partial charge is 0.170 e. The predicted molar refractivity (Wildman–Crippen MR) is 145 cm³/mol. The number of hydrogen-bond acceptors (Lipinski definition) is 4. The summed E-state index contributed by atoms with van der Waals surface area (Å²) < 4.78 is 2.32. The molecule has 1 aliphatic heterocycles. The minimum atomic E-state index is -0.0579. The molecule has 6 nitrogen and oxygen atoms in total. The quantitative estimate of drug-likeness (QED) is 0.385. The van der Waals surface area contributed by atoms with Crippen LogP contribution in [0.2, 0.25) is 0 Å². The van der Waals surface area contributed by atoms with Gasteiger partial charge < -0.3 is 19.7 Å². The maximum atomic E-state index is 5.86. The highest BCUT2D eigenvalue weighted by molar-refractivity contribution is 7.80. The van der Waals surface area contributed by atoms with Crippen LogP contribution in [0.15, 0.2) is 79.1 Å². The van der Waals surface area contributed by atoms with Crippen molar-refractivity contribution < 1.29 is 0 Å². The lowest BCUT2D eigenvalue weighted by atomic mass is 9.96. The Morgan fingerprint density at radius 2 is 1.66 bits per heavy atom. The molecule has 3 aromatic heterocycles. The van der Waals surface area contributed by atoms with Gasteiger partial charge in [0.15, 0.2) is 5.11 Å². The number of rotatable bonds is 6. The first-order valence-electron chi connectivity index (χ1n) is 11.8. The van der Waals surface area contributed by atoms with Gasteiger partial charge >= 0.3 is 0 Å². The van der Waals surface area contributed by atoms with Gasteiger partial charge in [0, 0.05) is 49.3 Å². The minimum absolute atomic E-state index is 0.0135. The van der Waals surface area contributed by atoms with Crippen LogP contribution < -0.4 is 10.2 Å². The summed E-state index contributed by atoms with van der Waals surface area (Å²) in [5.74, 6) is 0. The maximum Gasteiger partial charge on any atom is 0.170 e. The standard InChI is InChI=1S/C28H30N6S/c1-19-17-24(20(2)34(19)23-13-11-22(12-14-23)32(3)4)27-26(25-10-6-8-16-30-25)31-28(35)33(27)18-21-9-5-7-15-29-21/h5-17,26-27H,18H2,1-4H3,(H,31,35)/t26-,27+/m0/s1. The van der Waals surface area contributed by atoms with Gasteiger partial charge in [0.25, 0.3) is 0 Å². The molecule has 1 aliphatic rings.